The van der Waals surface area contributed by atoms with Gasteiger partial charge in [0.1, 0.15) is 5.75 Å². The zero-order valence-corrected chi connectivity index (χ0v) is 15.6. The van der Waals surface area contributed by atoms with Crippen LogP contribution in [0.5, 0.6) is 5.75 Å². The summed E-state index contributed by atoms with van der Waals surface area (Å²) < 4.78 is 10.6. The number of carbonyl (C=O) groups excluding carboxylic acids is 1. The predicted molar refractivity (Wildman–Crippen MR) is 103 cm³/mol. The molecule has 1 aromatic heterocycles. The van der Waals surface area contributed by atoms with E-state index in [1.54, 1.807) is 19.2 Å². The third-order valence-electron chi connectivity index (χ3n) is 4.88. The molecular weight excluding hydrogens is 364 g/mol. The van der Waals surface area contributed by atoms with Gasteiger partial charge in [-0.15, -0.1) is 0 Å². The highest BCUT2D eigenvalue weighted by atomic mass is 35.5. The second-order valence-corrected chi connectivity index (χ2v) is 6.89. The van der Waals surface area contributed by atoms with E-state index in [-0.39, 0.29) is 11.9 Å². The minimum Gasteiger partial charge on any atom is -0.497 e. The lowest BCUT2D eigenvalue weighted by Gasteiger charge is -2.24. The van der Waals surface area contributed by atoms with Crippen molar-refractivity contribution in [3.8, 4) is 17.1 Å². The van der Waals surface area contributed by atoms with Gasteiger partial charge in [0.25, 0.3) is 5.91 Å². The summed E-state index contributed by atoms with van der Waals surface area (Å²) in [5.41, 5.74) is 2.11. The third-order valence-corrected chi connectivity index (χ3v) is 5.21. The number of benzene rings is 2. The van der Waals surface area contributed by atoms with Crippen LogP contribution in [0.25, 0.3) is 11.3 Å². The number of hydrogen-bond acceptors (Lipinski definition) is 4. The van der Waals surface area contributed by atoms with Crippen molar-refractivity contribution in [2.24, 2.45) is 0 Å². The highest BCUT2D eigenvalue weighted by molar-refractivity contribution is 6.33. The van der Waals surface area contributed by atoms with Crippen molar-refractivity contribution in [2.45, 2.75) is 18.9 Å². The van der Waals surface area contributed by atoms with E-state index in [0.29, 0.717) is 23.0 Å². The molecule has 0 spiro atoms. The molecule has 6 heteroatoms. The molecule has 0 radical (unpaired) electrons. The van der Waals surface area contributed by atoms with Crippen LogP contribution in [0.4, 0.5) is 0 Å². The Kier molecular flexibility index (Phi) is 4.86. The van der Waals surface area contributed by atoms with Crippen molar-refractivity contribution in [3.05, 3.63) is 70.9 Å². The number of halogens is 1. The topological polar surface area (TPSA) is 55.6 Å². The molecule has 1 fully saturated rings. The summed E-state index contributed by atoms with van der Waals surface area (Å²) in [6.07, 6.45) is 1.88. The number of methoxy groups -OCH3 is 1. The van der Waals surface area contributed by atoms with Crippen LogP contribution in [0.3, 0.4) is 0 Å². The van der Waals surface area contributed by atoms with Crippen LogP contribution in [0, 0.1) is 0 Å². The van der Waals surface area contributed by atoms with Gasteiger partial charge in [0.05, 0.1) is 18.2 Å². The van der Waals surface area contributed by atoms with Gasteiger partial charge in [-0.25, -0.2) is 0 Å². The minimum absolute atomic E-state index is 0.0314. The number of aromatic nitrogens is 1. The Morgan fingerprint density at radius 1 is 1.22 bits per heavy atom. The van der Waals surface area contributed by atoms with E-state index in [9.17, 15) is 4.79 Å². The van der Waals surface area contributed by atoms with E-state index >= 15 is 0 Å². The van der Waals surface area contributed by atoms with Crippen molar-refractivity contribution < 1.29 is 14.1 Å². The van der Waals surface area contributed by atoms with Gasteiger partial charge in [0.15, 0.2) is 11.5 Å². The predicted octanol–water partition coefficient (Wildman–Crippen LogP) is 4.98. The van der Waals surface area contributed by atoms with Crippen molar-refractivity contribution >= 4 is 17.5 Å². The first-order chi connectivity index (χ1) is 13.2. The first-order valence-corrected chi connectivity index (χ1v) is 9.21. The zero-order valence-electron chi connectivity index (χ0n) is 14.9. The van der Waals surface area contributed by atoms with E-state index in [2.05, 4.69) is 5.16 Å². The van der Waals surface area contributed by atoms with Gasteiger partial charge in [-0.3, -0.25) is 4.79 Å². The standard InChI is InChI=1S/C21H19ClN2O3/c1-26-15-10-8-14(9-11-15)19-7-4-12-24(19)21(25)18-13-20(27-23-18)16-5-2-3-6-17(16)22/h2-3,5-6,8-11,13,19H,4,7,12H2,1H3/t19-/m1/s1. The fraction of sp³-hybridized carbons (Fsp3) is 0.238. The quantitative estimate of drug-likeness (QED) is 0.638. The number of rotatable bonds is 4. The summed E-state index contributed by atoms with van der Waals surface area (Å²) in [5, 5.41) is 4.55. The normalized spacial score (nSPS) is 16.5. The van der Waals surface area contributed by atoms with E-state index < -0.39 is 0 Å². The van der Waals surface area contributed by atoms with Gasteiger partial charge in [0, 0.05) is 18.2 Å². The monoisotopic (exact) mass is 382 g/mol. The Bertz CT molecular complexity index is 952. The zero-order chi connectivity index (χ0) is 18.8. The van der Waals surface area contributed by atoms with Crippen LogP contribution in [0.2, 0.25) is 5.02 Å². The maximum atomic E-state index is 13.0. The Balaban J connectivity index is 1.57. The molecule has 1 aliphatic rings. The molecule has 0 unspecified atom stereocenters. The average Bonchev–Trinajstić information content (AvgIpc) is 3.38. The van der Waals surface area contributed by atoms with Gasteiger partial charge in [-0.1, -0.05) is 41.0 Å². The molecule has 3 aromatic rings. The molecule has 1 saturated heterocycles. The largest absolute Gasteiger partial charge is 0.497 e. The third kappa shape index (κ3) is 3.43. The van der Waals surface area contributed by atoms with Gasteiger partial charge in [-0.05, 0) is 42.7 Å². The van der Waals surface area contributed by atoms with Crippen molar-refractivity contribution in [1.29, 1.82) is 0 Å². The van der Waals surface area contributed by atoms with E-state index in [1.165, 1.54) is 0 Å². The number of hydrogen-bond donors (Lipinski definition) is 0. The lowest BCUT2D eigenvalue weighted by Crippen LogP contribution is -2.30. The van der Waals surface area contributed by atoms with Gasteiger partial charge < -0.3 is 14.2 Å². The smallest absolute Gasteiger partial charge is 0.276 e. The summed E-state index contributed by atoms with van der Waals surface area (Å²) >= 11 is 6.21. The van der Waals surface area contributed by atoms with Crippen LogP contribution < -0.4 is 4.74 Å². The molecule has 0 bridgehead atoms. The van der Waals surface area contributed by atoms with Crippen LogP contribution in [-0.2, 0) is 0 Å². The molecule has 27 heavy (non-hydrogen) atoms. The highest BCUT2D eigenvalue weighted by Gasteiger charge is 2.32. The molecule has 1 amide bonds. The van der Waals surface area contributed by atoms with Crippen LogP contribution in [-0.4, -0.2) is 29.6 Å². The van der Waals surface area contributed by atoms with Crippen LogP contribution in [0.1, 0.15) is 34.9 Å². The van der Waals surface area contributed by atoms with Gasteiger partial charge in [0.2, 0.25) is 0 Å². The maximum absolute atomic E-state index is 13.0. The van der Waals surface area contributed by atoms with E-state index in [0.717, 1.165) is 29.7 Å². The Morgan fingerprint density at radius 2 is 2.00 bits per heavy atom. The van der Waals surface area contributed by atoms with Crippen molar-refractivity contribution in [2.75, 3.05) is 13.7 Å². The fourth-order valence-corrected chi connectivity index (χ4v) is 3.72. The first kappa shape index (κ1) is 17.6. The second-order valence-electron chi connectivity index (χ2n) is 6.49. The van der Waals surface area contributed by atoms with Crippen LogP contribution in [0.15, 0.2) is 59.1 Å². The second kappa shape index (κ2) is 7.45. The summed E-state index contributed by atoms with van der Waals surface area (Å²) in [7, 11) is 1.64. The summed E-state index contributed by atoms with van der Waals surface area (Å²) in [6, 6.07) is 16.9. The molecule has 4 rings (SSSR count). The van der Waals surface area contributed by atoms with E-state index in [1.807, 2.05) is 47.4 Å². The molecule has 2 heterocycles. The maximum Gasteiger partial charge on any atom is 0.276 e. The molecular formula is C21H19ClN2O3. The van der Waals surface area contributed by atoms with Crippen molar-refractivity contribution in [1.82, 2.24) is 10.1 Å². The number of amides is 1. The average molecular weight is 383 g/mol. The van der Waals surface area contributed by atoms with Gasteiger partial charge in [-0.2, -0.15) is 0 Å². The molecule has 5 nitrogen and oxygen atoms in total. The highest BCUT2D eigenvalue weighted by Crippen LogP contribution is 2.35. The molecule has 0 saturated carbocycles. The van der Waals surface area contributed by atoms with Crippen molar-refractivity contribution in [3.63, 3.8) is 0 Å². The van der Waals surface area contributed by atoms with Gasteiger partial charge >= 0.3 is 0 Å². The number of carbonyl (C=O) groups is 1. The SMILES string of the molecule is COc1ccc([C@H]2CCCN2C(=O)c2cc(-c3ccccc3Cl)on2)cc1. The molecule has 2 aromatic carbocycles. The van der Waals surface area contributed by atoms with Crippen LogP contribution >= 0.6 is 11.6 Å². The lowest BCUT2D eigenvalue weighted by molar-refractivity contribution is 0.0725. The number of nitrogens with zero attached hydrogens (tertiary/aromatic N) is 2. The molecule has 0 N–H and O–H groups in total. The number of likely N-dealkylation sites (tertiary alicyclic amines) is 1. The number of ether oxygens (including phenoxy) is 1. The Labute approximate surface area is 162 Å². The molecule has 0 aliphatic carbocycles. The van der Waals surface area contributed by atoms with E-state index in [4.69, 9.17) is 20.9 Å². The lowest BCUT2D eigenvalue weighted by atomic mass is 10.0. The minimum atomic E-state index is -0.129. The first-order valence-electron chi connectivity index (χ1n) is 8.84. The molecule has 1 aliphatic heterocycles. The summed E-state index contributed by atoms with van der Waals surface area (Å²) in [5.74, 6) is 1.16. The fourth-order valence-electron chi connectivity index (χ4n) is 3.49. The molecule has 1 atom stereocenters. The Hall–Kier alpha value is -2.79. The summed E-state index contributed by atoms with van der Waals surface area (Å²) in [6.45, 7) is 0.698. The Morgan fingerprint density at radius 3 is 2.74 bits per heavy atom. The summed E-state index contributed by atoms with van der Waals surface area (Å²) in [4.78, 5) is 14.9. The molecule has 138 valence electrons.